The second-order valence-electron chi connectivity index (χ2n) is 7.43. The number of carbonyl (C=O) groups is 2. The van der Waals surface area contributed by atoms with Crippen LogP contribution in [0.25, 0.3) is 10.6 Å². The molecule has 0 aliphatic carbocycles. The van der Waals surface area contributed by atoms with Crippen LogP contribution in [-0.2, 0) is 16.9 Å². The molecule has 3 amide bonds. The van der Waals surface area contributed by atoms with Gasteiger partial charge in [-0.2, -0.15) is 0 Å². The van der Waals surface area contributed by atoms with E-state index in [-0.39, 0.29) is 12.5 Å². The third kappa shape index (κ3) is 3.51. The predicted octanol–water partition coefficient (Wildman–Crippen LogP) is 2.71. The number of amides is 3. The first-order valence-corrected chi connectivity index (χ1v) is 10.6. The van der Waals surface area contributed by atoms with Crippen molar-refractivity contribution in [1.82, 2.24) is 20.5 Å². The van der Waals surface area contributed by atoms with Crippen LogP contribution < -0.4 is 20.1 Å². The molecule has 1 unspecified atom stereocenters. The summed E-state index contributed by atoms with van der Waals surface area (Å²) >= 11 is 1.44. The Hall–Kier alpha value is -3.43. The zero-order chi connectivity index (χ0) is 21.4. The summed E-state index contributed by atoms with van der Waals surface area (Å²) in [4.78, 5) is 33.1. The van der Waals surface area contributed by atoms with Crippen molar-refractivity contribution in [1.29, 1.82) is 0 Å². The van der Waals surface area contributed by atoms with Gasteiger partial charge in [0.05, 0.1) is 17.7 Å². The van der Waals surface area contributed by atoms with Gasteiger partial charge < -0.3 is 14.8 Å². The van der Waals surface area contributed by atoms with Crippen molar-refractivity contribution >= 4 is 23.3 Å². The molecule has 158 valence electrons. The van der Waals surface area contributed by atoms with Crippen LogP contribution in [-0.4, -0.2) is 42.2 Å². The number of methoxy groups -OCH3 is 1. The highest BCUT2D eigenvalue weighted by Gasteiger charge is 2.50. The Kier molecular flexibility index (Phi) is 4.84. The van der Waals surface area contributed by atoms with Crippen molar-refractivity contribution in [3.8, 4) is 22.1 Å². The molecule has 2 aromatic heterocycles. The molecule has 1 aromatic carbocycles. The fraction of sp³-hybridized carbons (Fsp3) is 0.227. The lowest BCUT2D eigenvalue weighted by Gasteiger charge is -2.35. The summed E-state index contributed by atoms with van der Waals surface area (Å²) in [5.41, 5.74) is 0.623. The zero-order valence-corrected chi connectivity index (χ0v) is 17.6. The summed E-state index contributed by atoms with van der Waals surface area (Å²) in [6, 6.07) is 14.7. The van der Waals surface area contributed by atoms with E-state index >= 15 is 0 Å². The number of urea groups is 1. The van der Waals surface area contributed by atoms with Gasteiger partial charge in [0.25, 0.3) is 5.91 Å². The summed E-state index contributed by atoms with van der Waals surface area (Å²) < 4.78 is 11.2. The molecule has 0 saturated carbocycles. The van der Waals surface area contributed by atoms with Gasteiger partial charge in [-0.3, -0.25) is 20.0 Å². The zero-order valence-electron chi connectivity index (χ0n) is 16.8. The van der Waals surface area contributed by atoms with Crippen LogP contribution in [0.5, 0.6) is 11.5 Å². The van der Waals surface area contributed by atoms with Gasteiger partial charge in [-0.25, -0.2) is 4.79 Å². The average Bonchev–Trinajstić information content (AvgIpc) is 3.39. The van der Waals surface area contributed by atoms with E-state index in [1.807, 2.05) is 53.4 Å². The van der Waals surface area contributed by atoms with E-state index in [2.05, 4.69) is 15.6 Å². The molecular weight excluding hydrogens is 416 g/mol. The van der Waals surface area contributed by atoms with Gasteiger partial charge in [-0.15, -0.1) is 11.3 Å². The minimum absolute atomic E-state index is 0.276. The van der Waals surface area contributed by atoms with Gasteiger partial charge in [-0.05, 0) is 30.3 Å². The van der Waals surface area contributed by atoms with Crippen molar-refractivity contribution in [2.45, 2.75) is 12.1 Å². The van der Waals surface area contributed by atoms with E-state index in [0.29, 0.717) is 13.3 Å². The molecule has 4 heterocycles. The number of pyridine rings is 1. The lowest BCUT2D eigenvalue weighted by molar-refractivity contribution is -0.125. The fourth-order valence-electron chi connectivity index (χ4n) is 3.88. The van der Waals surface area contributed by atoms with Crippen LogP contribution in [0.4, 0.5) is 4.79 Å². The van der Waals surface area contributed by atoms with Crippen LogP contribution in [0.2, 0.25) is 0 Å². The van der Waals surface area contributed by atoms with Crippen LogP contribution in [0.1, 0.15) is 10.4 Å². The second kappa shape index (κ2) is 7.68. The monoisotopic (exact) mass is 436 g/mol. The number of fused-ring (bicyclic) bond motifs is 1. The molecule has 0 bridgehead atoms. The molecule has 1 saturated heterocycles. The first-order valence-electron chi connectivity index (χ1n) is 9.75. The topological polar surface area (TPSA) is 92.8 Å². The fourth-order valence-corrected chi connectivity index (χ4v) is 5.00. The number of rotatable bonds is 5. The lowest BCUT2D eigenvalue weighted by Crippen LogP contribution is -2.53. The number of nitrogens with zero attached hydrogens (tertiary/aromatic N) is 2. The number of carbonyl (C=O) groups excluding carboxylic acids is 2. The van der Waals surface area contributed by atoms with Gasteiger partial charge in [0.15, 0.2) is 5.54 Å². The number of ether oxygens (including phenoxy) is 2. The molecular formula is C22H20N4O4S. The van der Waals surface area contributed by atoms with Crippen molar-refractivity contribution in [3.63, 3.8) is 0 Å². The molecule has 5 rings (SSSR count). The summed E-state index contributed by atoms with van der Waals surface area (Å²) in [5, 5.41) is 5.26. The van der Waals surface area contributed by atoms with Gasteiger partial charge in [0.2, 0.25) is 0 Å². The maximum atomic E-state index is 13.0. The first kappa shape index (κ1) is 19.5. The molecule has 31 heavy (non-hydrogen) atoms. The van der Waals surface area contributed by atoms with Gasteiger partial charge in [-0.1, -0.05) is 12.1 Å². The Morgan fingerprint density at radius 3 is 2.87 bits per heavy atom. The van der Waals surface area contributed by atoms with Crippen molar-refractivity contribution in [2.75, 3.05) is 20.4 Å². The summed E-state index contributed by atoms with van der Waals surface area (Å²) in [6.45, 7) is 1.16. The quantitative estimate of drug-likeness (QED) is 0.598. The van der Waals surface area contributed by atoms with E-state index in [4.69, 9.17) is 9.47 Å². The molecule has 9 heteroatoms. The van der Waals surface area contributed by atoms with Gasteiger partial charge >= 0.3 is 6.03 Å². The number of hydrogen-bond donors (Lipinski definition) is 2. The Balaban J connectivity index is 1.44. The van der Waals surface area contributed by atoms with E-state index < -0.39 is 11.6 Å². The van der Waals surface area contributed by atoms with Gasteiger partial charge in [0, 0.05) is 35.8 Å². The number of benzene rings is 1. The highest BCUT2D eigenvalue weighted by Crippen LogP contribution is 2.37. The molecule has 3 aromatic rings. The van der Waals surface area contributed by atoms with Crippen molar-refractivity contribution in [2.24, 2.45) is 0 Å². The molecule has 2 N–H and O–H groups in total. The highest BCUT2D eigenvalue weighted by molar-refractivity contribution is 7.15. The lowest BCUT2D eigenvalue weighted by atomic mass is 9.96. The van der Waals surface area contributed by atoms with Crippen LogP contribution in [0, 0.1) is 0 Å². The van der Waals surface area contributed by atoms with Gasteiger partial charge in [0.1, 0.15) is 18.2 Å². The Bertz CT molecular complexity index is 1150. The smallest absolute Gasteiger partial charge is 0.322 e. The number of nitrogens with one attached hydrogen (secondary N) is 2. The third-order valence-corrected chi connectivity index (χ3v) is 6.69. The SMILES string of the molecule is COc1ccc2c(c1)OCN(CC1(c3ccc(-c4ccccn4)s3)NC(=O)NC1=O)C2. The number of hydrogen-bond acceptors (Lipinski definition) is 7. The molecule has 0 radical (unpaired) electrons. The molecule has 0 spiro atoms. The Morgan fingerprint density at radius 1 is 1.23 bits per heavy atom. The van der Waals surface area contributed by atoms with E-state index in [1.165, 1.54) is 11.3 Å². The molecule has 1 fully saturated rings. The molecule has 2 aliphatic heterocycles. The summed E-state index contributed by atoms with van der Waals surface area (Å²) in [7, 11) is 1.61. The summed E-state index contributed by atoms with van der Waals surface area (Å²) in [5.74, 6) is 1.12. The second-order valence-corrected chi connectivity index (χ2v) is 8.51. The molecule has 1 atom stereocenters. The average molecular weight is 436 g/mol. The van der Waals surface area contributed by atoms with E-state index in [0.717, 1.165) is 32.5 Å². The molecule has 2 aliphatic rings. The number of thiophene rings is 1. The standard InChI is InChI=1S/C22H20N4O4S/c1-29-15-6-5-14-11-26(13-30-17(14)10-15)12-22(20(27)24-21(28)25-22)19-8-7-18(31-19)16-4-2-3-9-23-16/h2-10H,11-13H2,1H3,(H2,24,25,27,28). The molecule has 8 nitrogen and oxygen atoms in total. The maximum absolute atomic E-state index is 13.0. The normalized spacial score (nSPS) is 20.5. The number of imide groups is 1. The van der Waals surface area contributed by atoms with E-state index in [9.17, 15) is 9.59 Å². The van der Waals surface area contributed by atoms with Crippen molar-refractivity contribution < 1.29 is 19.1 Å². The first-order chi connectivity index (χ1) is 15.1. The van der Waals surface area contributed by atoms with Crippen LogP contribution in [0.15, 0.2) is 54.7 Å². The largest absolute Gasteiger partial charge is 0.497 e. The van der Waals surface area contributed by atoms with Crippen LogP contribution in [0.3, 0.4) is 0 Å². The third-order valence-electron chi connectivity index (χ3n) is 5.42. The minimum Gasteiger partial charge on any atom is -0.497 e. The Morgan fingerprint density at radius 2 is 2.13 bits per heavy atom. The Labute approximate surface area is 182 Å². The minimum atomic E-state index is -1.19. The van der Waals surface area contributed by atoms with E-state index in [1.54, 1.807) is 13.3 Å². The number of aromatic nitrogens is 1. The van der Waals surface area contributed by atoms with Crippen molar-refractivity contribution in [3.05, 3.63) is 65.2 Å². The highest BCUT2D eigenvalue weighted by atomic mass is 32.1. The maximum Gasteiger partial charge on any atom is 0.322 e. The summed E-state index contributed by atoms with van der Waals surface area (Å²) in [6.07, 6.45) is 1.73. The van der Waals surface area contributed by atoms with Crippen LogP contribution >= 0.6 is 11.3 Å². The predicted molar refractivity (Wildman–Crippen MR) is 115 cm³/mol.